The molecule has 1 N–H and O–H groups in total. The predicted molar refractivity (Wildman–Crippen MR) is 78.8 cm³/mol. The molecule has 1 aromatic carbocycles. The molecule has 5 heteroatoms. The molecule has 2 rings (SSSR count). The summed E-state index contributed by atoms with van der Waals surface area (Å²) in [6, 6.07) is 4.30. The van der Waals surface area contributed by atoms with Gasteiger partial charge in [0.25, 0.3) is 0 Å². The van der Waals surface area contributed by atoms with Crippen LogP contribution in [0.25, 0.3) is 0 Å². The Morgan fingerprint density at radius 2 is 1.85 bits per heavy atom. The third-order valence-electron chi connectivity index (χ3n) is 3.88. The zero-order valence-corrected chi connectivity index (χ0v) is 12.9. The second-order valence-electron chi connectivity index (χ2n) is 5.41. The average Bonchev–Trinajstić information content (AvgIpc) is 2.40. The van der Waals surface area contributed by atoms with Crippen molar-refractivity contribution in [2.75, 3.05) is 11.9 Å². The van der Waals surface area contributed by atoms with Gasteiger partial charge < -0.3 is 5.32 Å². The third-order valence-corrected chi connectivity index (χ3v) is 4.57. The number of alkyl halides is 3. The van der Waals surface area contributed by atoms with Crippen LogP contribution >= 0.6 is 15.9 Å². The van der Waals surface area contributed by atoms with E-state index < -0.39 is 11.7 Å². The van der Waals surface area contributed by atoms with Crippen LogP contribution in [0.3, 0.4) is 0 Å². The molecule has 0 aromatic heterocycles. The summed E-state index contributed by atoms with van der Waals surface area (Å²) in [5.41, 5.74) is -0.0866. The number of nitrogens with one attached hydrogen (secondary N) is 1. The van der Waals surface area contributed by atoms with Gasteiger partial charge in [-0.25, -0.2) is 0 Å². The molecular weight excluding hydrogens is 331 g/mol. The Morgan fingerprint density at radius 1 is 1.15 bits per heavy atom. The van der Waals surface area contributed by atoms with Crippen LogP contribution in [0.1, 0.15) is 44.1 Å². The van der Waals surface area contributed by atoms with Gasteiger partial charge in [0, 0.05) is 16.7 Å². The quantitative estimate of drug-likeness (QED) is 0.718. The maximum absolute atomic E-state index is 12.8. The van der Waals surface area contributed by atoms with Crippen molar-refractivity contribution in [3.63, 3.8) is 0 Å². The first-order chi connectivity index (χ1) is 9.47. The highest BCUT2D eigenvalue weighted by molar-refractivity contribution is 9.10. The highest BCUT2D eigenvalue weighted by Crippen LogP contribution is 2.36. The van der Waals surface area contributed by atoms with Crippen LogP contribution in [0.5, 0.6) is 0 Å². The van der Waals surface area contributed by atoms with Crippen molar-refractivity contribution in [1.82, 2.24) is 0 Å². The van der Waals surface area contributed by atoms with E-state index >= 15 is 0 Å². The molecule has 0 unspecified atom stereocenters. The van der Waals surface area contributed by atoms with E-state index in [4.69, 9.17) is 0 Å². The van der Waals surface area contributed by atoms with Crippen molar-refractivity contribution in [1.29, 1.82) is 0 Å². The minimum Gasteiger partial charge on any atom is -0.385 e. The van der Waals surface area contributed by atoms with E-state index in [0.29, 0.717) is 5.69 Å². The first-order valence-corrected chi connectivity index (χ1v) is 7.87. The molecule has 0 heterocycles. The lowest BCUT2D eigenvalue weighted by atomic mass is 9.87. The number of hydrogen-bond donors (Lipinski definition) is 1. The molecule has 20 heavy (non-hydrogen) atoms. The number of anilines is 1. The van der Waals surface area contributed by atoms with E-state index in [0.717, 1.165) is 18.9 Å². The number of halogens is 4. The van der Waals surface area contributed by atoms with E-state index in [1.807, 2.05) is 0 Å². The van der Waals surface area contributed by atoms with Gasteiger partial charge in [-0.05, 0) is 30.5 Å². The Labute approximate surface area is 126 Å². The summed E-state index contributed by atoms with van der Waals surface area (Å²) in [6.45, 7) is 0.740. The van der Waals surface area contributed by atoms with Gasteiger partial charge in [-0.1, -0.05) is 48.0 Å². The maximum Gasteiger partial charge on any atom is 0.417 e. The molecule has 0 amide bonds. The van der Waals surface area contributed by atoms with Crippen LogP contribution in [0.4, 0.5) is 18.9 Å². The van der Waals surface area contributed by atoms with Crippen LogP contribution in [0.15, 0.2) is 22.7 Å². The lowest BCUT2D eigenvalue weighted by Crippen LogP contribution is -2.13. The van der Waals surface area contributed by atoms with E-state index in [1.54, 1.807) is 6.07 Å². The largest absolute Gasteiger partial charge is 0.417 e. The first kappa shape index (κ1) is 15.7. The van der Waals surface area contributed by atoms with Gasteiger partial charge in [0.05, 0.1) is 5.56 Å². The van der Waals surface area contributed by atoms with Crippen molar-refractivity contribution in [2.45, 2.75) is 44.7 Å². The molecular formula is C15H19BrF3N. The van der Waals surface area contributed by atoms with E-state index in [1.165, 1.54) is 44.2 Å². The fraction of sp³-hybridized carbons (Fsp3) is 0.600. The molecule has 1 aliphatic rings. The smallest absolute Gasteiger partial charge is 0.385 e. The molecule has 0 bridgehead atoms. The van der Waals surface area contributed by atoms with E-state index in [-0.39, 0.29) is 4.47 Å². The summed E-state index contributed by atoms with van der Waals surface area (Å²) in [5, 5.41) is 3.11. The van der Waals surface area contributed by atoms with E-state index in [2.05, 4.69) is 21.2 Å². The lowest BCUT2D eigenvalue weighted by Gasteiger charge is -2.21. The van der Waals surface area contributed by atoms with Gasteiger partial charge in [-0.2, -0.15) is 13.2 Å². The molecule has 1 aromatic rings. The van der Waals surface area contributed by atoms with Crippen LogP contribution in [0, 0.1) is 5.92 Å². The maximum atomic E-state index is 12.8. The summed E-state index contributed by atoms with van der Waals surface area (Å²) >= 11 is 2.95. The van der Waals surface area contributed by atoms with Gasteiger partial charge >= 0.3 is 6.18 Å². The number of hydrogen-bond acceptors (Lipinski definition) is 1. The van der Waals surface area contributed by atoms with Crippen molar-refractivity contribution >= 4 is 21.6 Å². The van der Waals surface area contributed by atoms with Gasteiger partial charge in [-0.3, -0.25) is 0 Å². The zero-order valence-electron chi connectivity index (χ0n) is 11.3. The average molecular weight is 350 g/mol. The van der Waals surface area contributed by atoms with Crippen LogP contribution in [0.2, 0.25) is 0 Å². The topological polar surface area (TPSA) is 12.0 Å². The molecule has 0 spiro atoms. The highest BCUT2D eigenvalue weighted by atomic mass is 79.9. The van der Waals surface area contributed by atoms with Gasteiger partial charge in [-0.15, -0.1) is 0 Å². The summed E-state index contributed by atoms with van der Waals surface area (Å²) in [7, 11) is 0. The second kappa shape index (κ2) is 6.83. The fourth-order valence-corrected chi connectivity index (χ4v) is 3.22. The van der Waals surface area contributed by atoms with Gasteiger partial charge in [0.2, 0.25) is 0 Å². The Bertz CT molecular complexity index is 439. The standard InChI is InChI=1S/C15H19BrF3N/c16-14-7-6-12(10-13(14)15(17,18)19)20-9-8-11-4-2-1-3-5-11/h6-7,10-11,20H,1-5,8-9H2. The Hall–Kier alpha value is -0.710. The second-order valence-corrected chi connectivity index (χ2v) is 6.27. The van der Waals surface area contributed by atoms with Crippen molar-refractivity contribution in [3.8, 4) is 0 Å². The Balaban J connectivity index is 1.89. The molecule has 1 aliphatic carbocycles. The van der Waals surface area contributed by atoms with E-state index in [9.17, 15) is 13.2 Å². The normalized spacial score (nSPS) is 17.2. The molecule has 1 fully saturated rings. The first-order valence-electron chi connectivity index (χ1n) is 7.07. The van der Waals surface area contributed by atoms with Gasteiger partial charge in [0.1, 0.15) is 0 Å². The molecule has 112 valence electrons. The molecule has 0 atom stereocenters. The monoisotopic (exact) mass is 349 g/mol. The number of benzene rings is 1. The fourth-order valence-electron chi connectivity index (χ4n) is 2.75. The molecule has 0 radical (unpaired) electrons. The van der Waals surface area contributed by atoms with Crippen molar-refractivity contribution < 1.29 is 13.2 Å². The zero-order chi connectivity index (χ0) is 14.6. The summed E-state index contributed by atoms with van der Waals surface area (Å²) in [5.74, 6) is 0.730. The summed E-state index contributed by atoms with van der Waals surface area (Å²) in [6.07, 6.45) is 3.15. The molecule has 1 nitrogen and oxygen atoms in total. The van der Waals surface area contributed by atoms with Crippen molar-refractivity contribution in [3.05, 3.63) is 28.2 Å². The van der Waals surface area contributed by atoms with Crippen LogP contribution < -0.4 is 5.32 Å². The Kier molecular flexibility index (Phi) is 5.35. The summed E-state index contributed by atoms with van der Waals surface area (Å²) < 4.78 is 38.4. The minimum absolute atomic E-state index is 0.0860. The molecule has 0 aliphatic heterocycles. The van der Waals surface area contributed by atoms with Crippen LogP contribution in [-0.4, -0.2) is 6.54 Å². The van der Waals surface area contributed by atoms with Crippen LogP contribution in [-0.2, 0) is 6.18 Å². The minimum atomic E-state index is -4.32. The predicted octanol–water partition coefficient (Wildman–Crippen LogP) is 5.85. The molecule has 0 saturated heterocycles. The van der Waals surface area contributed by atoms with Crippen molar-refractivity contribution in [2.24, 2.45) is 5.92 Å². The Morgan fingerprint density at radius 3 is 2.50 bits per heavy atom. The van der Waals surface area contributed by atoms with Gasteiger partial charge in [0.15, 0.2) is 0 Å². The third kappa shape index (κ3) is 4.40. The molecule has 1 saturated carbocycles. The SMILES string of the molecule is FC(F)(F)c1cc(NCCC2CCCCC2)ccc1Br. The summed E-state index contributed by atoms with van der Waals surface area (Å²) in [4.78, 5) is 0. The number of rotatable bonds is 4. The highest BCUT2D eigenvalue weighted by Gasteiger charge is 2.33. The lowest BCUT2D eigenvalue weighted by molar-refractivity contribution is -0.138.